The maximum atomic E-state index is 11.7. The second kappa shape index (κ2) is 5.83. The minimum absolute atomic E-state index is 0.0855. The Hall–Kier alpha value is -1.55. The molecule has 20 heavy (non-hydrogen) atoms. The smallest absolute Gasteiger partial charge is 0.323 e. The summed E-state index contributed by atoms with van der Waals surface area (Å²) in [5, 5.41) is 9.58. The van der Waals surface area contributed by atoms with E-state index in [2.05, 4.69) is 11.8 Å². The number of hydrogen-bond donors (Lipinski definition) is 1. The number of rotatable bonds is 4. The van der Waals surface area contributed by atoms with E-state index in [0.29, 0.717) is 6.42 Å². The van der Waals surface area contributed by atoms with Crippen LogP contribution in [0.2, 0.25) is 0 Å². The van der Waals surface area contributed by atoms with Crippen LogP contribution in [0.5, 0.6) is 5.75 Å². The number of likely N-dealkylation sites (tertiary alicyclic amines) is 1. The van der Waals surface area contributed by atoms with Crippen LogP contribution in [0.25, 0.3) is 0 Å². The Morgan fingerprint density at radius 2 is 2.00 bits per heavy atom. The molecule has 110 valence electrons. The third-order valence-corrected chi connectivity index (χ3v) is 4.47. The minimum Gasteiger partial charge on any atom is -0.497 e. The van der Waals surface area contributed by atoms with Crippen LogP contribution in [-0.4, -0.2) is 35.2 Å². The molecule has 4 nitrogen and oxygen atoms in total. The van der Waals surface area contributed by atoms with E-state index in [9.17, 15) is 9.90 Å². The van der Waals surface area contributed by atoms with Crippen LogP contribution in [-0.2, 0) is 4.79 Å². The first kappa shape index (κ1) is 14.9. The Morgan fingerprint density at radius 3 is 2.55 bits per heavy atom. The molecule has 1 aliphatic heterocycles. The number of carboxylic acid groups (broad SMARTS) is 1. The van der Waals surface area contributed by atoms with E-state index >= 15 is 0 Å². The third-order valence-electron chi connectivity index (χ3n) is 4.47. The minimum atomic E-state index is -0.766. The molecule has 1 fully saturated rings. The summed E-state index contributed by atoms with van der Waals surface area (Å²) in [4.78, 5) is 13.8. The highest BCUT2D eigenvalue weighted by molar-refractivity contribution is 5.78. The maximum absolute atomic E-state index is 11.7. The fourth-order valence-corrected chi connectivity index (χ4v) is 3.05. The van der Waals surface area contributed by atoms with Gasteiger partial charge in [-0.2, -0.15) is 0 Å². The van der Waals surface area contributed by atoms with E-state index in [1.165, 1.54) is 0 Å². The van der Waals surface area contributed by atoms with Crippen molar-refractivity contribution in [2.24, 2.45) is 0 Å². The highest BCUT2D eigenvalue weighted by Crippen LogP contribution is 2.36. The van der Waals surface area contributed by atoms with Crippen molar-refractivity contribution in [1.29, 1.82) is 0 Å². The zero-order chi connectivity index (χ0) is 14.8. The zero-order valence-electron chi connectivity index (χ0n) is 12.4. The fraction of sp³-hybridized carbons (Fsp3) is 0.562. The standard InChI is InChI=1S/C16H23NO3/c1-12(13-6-8-14(20-3)9-7-13)17-11-5-4-10-16(17,2)15(18)19/h6-9,12H,4-5,10-11H2,1-3H3,(H,18,19). The lowest BCUT2D eigenvalue weighted by atomic mass is 9.86. The number of aliphatic carboxylic acids is 1. The van der Waals surface area contributed by atoms with Gasteiger partial charge in [0.15, 0.2) is 0 Å². The van der Waals surface area contributed by atoms with E-state index in [4.69, 9.17) is 4.74 Å². The summed E-state index contributed by atoms with van der Waals surface area (Å²) in [6.45, 7) is 4.75. The molecule has 2 atom stereocenters. The average molecular weight is 277 g/mol. The van der Waals surface area contributed by atoms with Crippen LogP contribution in [0.3, 0.4) is 0 Å². The van der Waals surface area contributed by atoms with Gasteiger partial charge in [0.05, 0.1) is 7.11 Å². The molecule has 4 heteroatoms. The second-order valence-corrected chi connectivity index (χ2v) is 5.68. The summed E-state index contributed by atoms with van der Waals surface area (Å²) in [5.74, 6) is 0.0955. The van der Waals surface area contributed by atoms with Crippen LogP contribution >= 0.6 is 0 Å². The van der Waals surface area contributed by atoms with Crippen molar-refractivity contribution in [2.45, 2.75) is 44.7 Å². The highest BCUT2D eigenvalue weighted by atomic mass is 16.5. The molecule has 0 aromatic heterocycles. The van der Waals surface area contributed by atoms with Gasteiger partial charge in [-0.1, -0.05) is 12.1 Å². The van der Waals surface area contributed by atoms with Gasteiger partial charge >= 0.3 is 5.97 Å². The van der Waals surface area contributed by atoms with E-state index < -0.39 is 11.5 Å². The van der Waals surface area contributed by atoms with Crippen molar-refractivity contribution in [3.8, 4) is 5.75 Å². The lowest BCUT2D eigenvalue weighted by Gasteiger charge is -2.45. The number of nitrogens with zero attached hydrogens (tertiary/aromatic N) is 1. The average Bonchev–Trinajstić information content (AvgIpc) is 2.47. The second-order valence-electron chi connectivity index (χ2n) is 5.68. The summed E-state index contributed by atoms with van der Waals surface area (Å²) in [5.41, 5.74) is 0.359. The summed E-state index contributed by atoms with van der Waals surface area (Å²) in [6.07, 6.45) is 2.75. The largest absolute Gasteiger partial charge is 0.497 e. The summed E-state index contributed by atoms with van der Waals surface area (Å²) in [6, 6.07) is 7.96. The molecule has 0 spiro atoms. The van der Waals surface area contributed by atoms with Crippen LogP contribution in [0.15, 0.2) is 24.3 Å². The van der Waals surface area contributed by atoms with Crippen molar-refractivity contribution in [3.05, 3.63) is 29.8 Å². The van der Waals surface area contributed by atoms with Crippen LogP contribution in [0.1, 0.15) is 44.7 Å². The molecule has 0 bridgehead atoms. The molecule has 2 rings (SSSR count). The quantitative estimate of drug-likeness (QED) is 0.919. The van der Waals surface area contributed by atoms with Crippen molar-refractivity contribution in [3.63, 3.8) is 0 Å². The lowest BCUT2D eigenvalue weighted by molar-refractivity contribution is -0.155. The summed E-state index contributed by atoms with van der Waals surface area (Å²) >= 11 is 0. The van der Waals surface area contributed by atoms with Crippen LogP contribution in [0.4, 0.5) is 0 Å². The molecule has 2 unspecified atom stereocenters. The maximum Gasteiger partial charge on any atom is 0.323 e. The highest BCUT2D eigenvalue weighted by Gasteiger charge is 2.43. The number of piperidine rings is 1. The number of ether oxygens (including phenoxy) is 1. The van der Waals surface area contributed by atoms with E-state index in [-0.39, 0.29) is 6.04 Å². The Kier molecular flexibility index (Phi) is 4.33. The van der Waals surface area contributed by atoms with E-state index in [1.807, 2.05) is 31.2 Å². The van der Waals surface area contributed by atoms with Gasteiger partial charge in [-0.05, 0) is 57.4 Å². The third kappa shape index (κ3) is 2.66. The molecule has 1 aromatic rings. The number of methoxy groups -OCH3 is 1. The summed E-state index contributed by atoms with van der Waals surface area (Å²) < 4.78 is 5.17. The monoisotopic (exact) mass is 277 g/mol. The van der Waals surface area contributed by atoms with Crippen LogP contribution < -0.4 is 4.74 Å². The normalized spacial score (nSPS) is 25.1. The molecular formula is C16H23NO3. The van der Waals surface area contributed by atoms with Crippen LogP contribution in [0, 0.1) is 0 Å². The Labute approximate surface area is 120 Å². The van der Waals surface area contributed by atoms with Gasteiger partial charge in [-0.3, -0.25) is 9.69 Å². The number of benzene rings is 1. The van der Waals surface area contributed by atoms with Gasteiger partial charge in [0, 0.05) is 6.04 Å². The SMILES string of the molecule is COc1ccc(C(C)N2CCCCC2(C)C(=O)O)cc1. The van der Waals surface area contributed by atoms with E-state index in [0.717, 1.165) is 30.7 Å². The first-order valence-electron chi connectivity index (χ1n) is 7.13. The van der Waals surface area contributed by atoms with Gasteiger partial charge in [0.25, 0.3) is 0 Å². The lowest BCUT2D eigenvalue weighted by Crippen LogP contribution is -2.55. The molecule has 1 aromatic carbocycles. The molecule has 0 aliphatic carbocycles. The van der Waals surface area contributed by atoms with Crippen molar-refractivity contribution in [1.82, 2.24) is 4.90 Å². The van der Waals surface area contributed by atoms with Gasteiger partial charge in [0.1, 0.15) is 11.3 Å². The zero-order valence-corrected chi connectivity index (χ0v) is 12.4. The molecule has 1 heterocycles. The first-order valence-corrected chi connectivity index (χ1v) is 7.13. The molecule has 1 saturated heterocycles. The Morgan fingerprint density at radius 1 is 1.35 bits per heavy atom. The topological polar surface area (TPSA) is 49.8 Å². The fourth-order valence-electron chi connectivity index (χ4n) is 3.05. The van der Waals surface area contributed by atoms with Gasteiger partial charge in [-0.25, -0.2) is 0 Å². The van der Waals surface area contributed by atoms with Crippen molar-refractivity contribution in [2.75, 3.05) is 13.7 Å². The molecular weight excluding hydrogens is 254 g/mol. The Bertz CT molecular complexity index is 471. The first-order chi connectivity index (χ1) is 9.49. The van der Waals surface area contributed by atoms with Gasteiger partial charge in [0.2, 0.25) is 0 Å². The van der Waals surface area contributed by atoms with Crippen molar-refractivity contribution >= 4 is 5.97 Å². The van der Waals surface area contributed by atoms with Crippen molar-refractivity contribution < 1.29 is 14.6 Å². The predicted molar refractivity (Wildman–Crippen MR) is 78.0 cm³/mol. The molecule has 0 amide bonds. The predicted octanol–water partition coefficient (Wildman–Crippen LogP) is 3.09. The van der Waals surface area contributed by atoms with Gasteiger partial charge in [-0.15, -0.1) is 0 Å². The van der Waals surface area contributed by atoms with Gasteiger partial charge < -0.3 is 9.84 Å². The molecule has 1 aliphatic rings. The number of carboxylic acids is 1. The molecule has 1 N–H and O–H groups in total. The number of hydrogen-bond acceptors (Lipinski definition) is 3. The number of carbonyl (C=O) groups is 1. The summed E-state index contributed by atoms with van der Waals surface area (Å²) in [7, 11) is 1.64. The van der Waals surface area contributed by atoms with E-state index in [1.54, 1.807) is 7.11 Å². The molecule has 0 saturated carbocycles. The molecule has 0 radical (unpaired) electrons. The Balaban J connectivity index is 2.24.